The lowest BCUT2D eigenvalue weighted by atomic mass is 10.0. The third-order valence-electron chi connectivity index (χ3n) is 3.63. The molecule has 1 N–H and O–H groups in total. The Morgan fingerprint density at radius 2 is 2.05 bits per heavy atom. The Kier molecular flexibility index (Phi) is 4.40. The van der Waals surface area contributed by atoms with Crippen LogP contribution in [0.5, 0.6) is 5.75 Å². The number of piperidine rings is 1. The average molecular weight is 287 g/mol. The van der Waals surface area contributed by atoms with Gasteiger partial charge in [-0.1, -0.05) is 12.1 Å². The lowest BCUT2D eigenvalue weighted by Crippen LogP contribution is -2.33. The zero-order valence-corrected chi connectivity index (χ0v) is 11.8. The lowest BCUT2D eigenvalue weighted by Gasteiger charge is -2.22. The van der Waals surface area contributed by atoms with Crippen LogP contribution in [0.25, 0.3) is 11.4 Å². The lowest BCUT2D eigenvalue weighted by molar-refractivity contribution is 0.217. The van der Waals surface area contributed by atoms with Gasteiger partial charge in [-0.15, -0.1) is 0 Å². The van der Waals surface area contributed by atoms with Crippen LogP contribution in [0.1, 0.15) is 12.8 Å². The summed E-state index contributed by atoms with van der Waals surface area (Å²) in [7, 11) is 0. The van der Waals surface area contributed by atoms with Crippen molar-refractivity contribution in [1.82, 2.24) is 15.3 Å². The molecule has 1 atom stereocenters. The highest BCUT2D eigenvalue weighted by atomic mass is 19.1. The van der Waals surface area contributed by atoms with Gasteiger partial charge in [-0.25, -0.2) is 14.4 Å². The van der Waals surface area contributed by atoms with Crippen LogP contribution in [-0.4, -0.2) is 29.7 Å². The number of ether oxygens (including phenoxy) is 1. The van der Waals surface area contributed by atoms with Crippen molar-refractivity contribution < 1.29 is 9.13 Å². The van der Waals surface area contributed by atoms with Crippen LogP contribution in [0.2, 0.25) is 0 Å². The number of hydrogen-bond donors (Lipinski definition) is 1. The van der Waals surface area contributed by atoms with Crippen molar-refractivity contribution in [2.75, 3.05) is 19.7 Å². The molecular formula is C16H18FN3O. The van der Waals surface area contributed by atoms with Crippen molar-refractivity contribution in [2.45, 2.75) is 12.8 Å². The molecule has 4 nitrogen and oxygen atoms in total. The van der Waals surface area contributed by atoms with Crippen LogP contribution in [-0.2, 0) is 0 Å². The second-order valence-corrected chi connectivity index (χ2v) is 5.25. The monoisotopic (exact) mass is 287 g/mol. The molecule has 5 heteroatoms. The molecule has 0 amide bonds. The van der Waals surface area contributed by atoms with Gasteiger partial charge in [0.1, 0.15) is 5.82 Å². The number of benzene rings is 1. The topological polar surface area (TPSA) is 47.0 Å². The van der Waals surface area contributed by atoms with Gasteiger partial charge in [-0.2, -0.15) is 0 Å². The fraction of sp³-hybridized carbons (Fsp3) is 0.375. The first kappa shape index (κ1) is 13.9. The van der Waals surface area contributed by atoms with Gasteiger partial charge in [-0.3, -0.25) is 0 Å². The van der Waals surface area contributed by atoms with Crippen molar-refractivity contribution >= 4 is 0 Å². The van der Waals surface area contributed by atoms with Gasteiger partial charge in [0.2, 0.25) is 0 Å². The molecule has 1 aromatic carbocycles. The van der Waals surface area contributed by atoms with E-state index in [0.29, 0.717) is 29.7 Å². The second kappa shape index (κ2) is 6.63. The smallest absolute Gasteiger partial charge is 0.162 e. The molecule has 1 saturated heterocycles. The van der Waals surface area contributed by atoms with E-state index in [4.69, 9.17) is 4.74 Å². The zero-order valence-electron chi connectivity index (χ0n) is 11.8. The first-order chi connectivity index (χ1) is 10.3. The fourth-order valence-corrected chi connectivity index (χ4v) is 2.45. The van der Waals surface area contributed by atoms with Crippen LogP contribution in [0.3, 0.4) is 0 Å². The van der Waals surface area contributed by atoms with E-state index in [1.54, 1.807) is 30.6 Å². The van der Waals surface area contributed by atoms with E-state index in [2.05, 4.69) is 15.3 Å². The number of nitrogens with one attached hydrogen (secondary N) is 1. The third-order valence-corrected chi connectivity index (χ3v) is 3.63. The molecule has 1 fully saturated rings. The largest absolute Gasteiger partial charge is 0.490 e. The van der Waals surface area contributed by atoms with Crippen LogP contribution in [0.4, 0.5) is 4.39 Å². The molecule has 1 unspecified atom stereocenters. The fourth-order valence-electron chi connectivity index (χ4n) is 2.45. The normalized spacial score (nSPS) is 18.4. The number of halogens is 1. The van der Waals surface area contributed by atoms with E-state index < -0.39 is 0 Å². The minimum Gasteiger partial charge on any atom is -0.490 e. The van der Waals surface area contributed by atoms with Crippen molar-refractivity contribution in [3.05, 3.63) is 42.5 Å². The predicted octanol–water partition coefficient (Wildman–Crippen LogP) is 2.66. The van der Waals surface area contributed by atoms with E-state index in [-0.39, 0.29) is 5.82 Å². The molecule has 0 radical (unpaired) electrons. The summed E-state index contributed by atoms with van der Waals surface area (Å²) in [6.45, 7) is 2.75. The maximum absolute atomic E-state index is 13.6. The summed E-state index contributed by atoms with van der Waals surface area (Å²) in [5, 5.41) is 3.36. The van der Waals surface area contributed by atoms with Gasteiger partial charge in [-0.05, 0) is 31.5 Å². The summed E-state index contributed by atoms with van der Waals surface area (Å²) in [6.07, 6.45) is 5.58. The van der Waals surface area contributed by atoms with Gasteiger partial charge in [0.15, 0.2) is 11.6 Å². The summed E-state index contributed by atoms with van der Waals surface area (Å²) in [6, 6.07) is 6.48. The zero-order chi connectivity index (χ0) is 14.5. The number of hydrogen-bond acceptors (Lipinski definition) is 4. The second-order valence-electron chi connectivity index (χ2n) is 5.25. The minimum atomic E-state index is -0.320. The van der Waals surface area contributed by atoms with Crippen molar-refractivity contribution in [3.63, 3.8) is 0 Å². The van der Waals surface area contributed by atoms with Crippen LogP contribution in [0, 0.1) is 11.7 Å². The van der Waals surface area contributed by atoms with Crippen molar-refractivity contribution in [1.29, 1.82) is 0 Å². The predicted molar refractivity (Wildman–Crippen MR) is 78.5 cm³/mol. The molecule has 0 aliphatic carbocycles. The maximum atomic E-state index is 13.6. The quantitative estimate of drug-likeness (QED) is 0.939. The highest BCUT2D eigenvalue weighted by Crippen LogP contribution is 2.20. The van der Waals surface area contributed by atoms with E-state index in [1.807, 2.05) is 0 Å². The van der Waals surface area contributed by atoms with E-state index in [1.165, 1.54) is 18.9 Å². The van der Waals surface area contributed by atoms with Crippen molar-refractivity contribution in [2.24, 2.45) is 5.92 Å². The Morgan fingerprint density at radius 1 is 1.24 bits per heavy atom. The summed E-state index contributed by atoms with van der Waals surface area (Å²) >= 11 is 0. The Bertz CT molecular complexity index is 582. The molecule has 110 valence electrons. The number of nitrogens with zero attached hydrogens (tertiary/aromatic N) is 2. The number of aromatic nitrogens is 2. The Labute approximate surface area is 123 Å². The van der Waals surface area contributed by atoms with Crippen LogP contribution >= 0.6 is 0 Å². The van der Waals surface area contributed by atoms with E-state index in [9.17, 15) is 4.39 Å². The molecule has 1 aliphatic heterocycles. The number of rotatable bonds is 4. The highest BCUT2D eigenvalue weighted by molar-refractivity contribution is 5.55. The summed E-state index contributed by atoms with van der Waals surface area (Å²) in [4.78, 5) is 8.36. The summed E-state index contributed by atoms with van der Waals surface area (Å²) in [5.41, 5.74) is 0.403. The first-order valence-corrected chi connectivity index (χ1v) is 7.23. The molecule has 0 spiro atoms. The molecule has 2 heterocycles. The molecule has 1 aliphatic rings. The van der Waals surface area contributed by atoms with Gasteiger partial charge in [0, 0.05) is 12.5 Å². The summed E-state index contributed by atoms with van der Waals surface area (Å²) < 4.78 is 19.4. The molecular weight excluding hydrogens is 269 g/mol. The molecule has 0 bridgehead atoms. The first-order valence-electron chi connectivity index (χ1n) is 7.23. The molecule has 21 heavy (non-hydrogen) atoms. The van der Waals surface area contributed by atoms with Gasteiger partial charge in [0.25, 0.3) is 0 Å². The Morgan fingerprint density at radius 3 is 2.76 bits per heavy atom. The standard InChI is InChI=1S/C16H18FN3O/c17-15-6-2-1-5-14(15)16-19-9-13(10-20-16)21-11-12-4-3-7-18-8-12/h1-2,5-6,9-10,12,18H,3-4,7-8,11H2. The molecule has 0 saturated carbocycles. The maximum Gasteiger partial charge on any atom is 0.162 e. The molecule has 2 aromatic rings. The molecule has 3 rings (SSSR count). The Hall–Kier alpha value is -2.01. The van der Waals surface area contributed by atoms with E-state index in [0.717, 1.165) is 13.1 Å². The highest BCUT2D eigenvalue weighted by Gasteiger charge is 2.14. The SMILES string of the molecule is Fc1ccccc1-c1ncc(OCC2CCCNC2)cn1. The van der Waals surface area contributed by atoms with Crippen LogP contribution in [0.15, 0.2) is 36.7 Å². The van der Waals surface area contributed by atoms with E-state index >= 15 is 0 Å². The molecule has 1 aromatic heterocycles. The van der Waals surface area contributed by atoms with Gasteiger partial charge in [0.05, 0.1) is 24.6 Å². The minimum absolute atomic E-state index is 0.320. The third kappa shape index (κ3) is 3.55. The average Bonchev–Trinajstić information content (AvgIpc) is 2.55. The van der Waals surface area contributed by atoms with Crippen molar-refractivity contribution in [3.8, 4) is 17.1 Å². The Balaban J connectivity index is 1.63. The summed E-state index contributed by atoms with van der Waals surface area (Å²) in [5.74, 6) is 1.21. The van der Waals surface area contributed by atoms with Gasteiger partial charge < -0.3 is 10.1 Å². The van der Waals surface area contributed by atoms with Crippen LogP contribution < -0.4 is 10.1 Å². The van der Waals surface area contributed by atoms with Gasteiger partial charge >= 0.3 is 0 Å².